The molecule has 0 amide bonds. The first-order valence-corrected chi connectivity index (χ1v) is 5.24. The van der Waals surface area contributed by atoms with Gasteiger partial charge in [0.2, 0.25) is 5.89 Å². The summed E-state index contributed by atoms with van der Waals surface area (Å²) >= 11 is 0. The van der Waals surface area contributed by atoms with E-state index in [1.54, 1.807) is 12.4 Å². The van der Waals surface area contributed by atoms with Crippen molar-refractivity contribution in [1.82, 2.24) is 20.4 Å². The first kappa shape index (κ1) is 10.8. The molecule has 2 rings (SSSR count). The van der Waals surface area contributed by atoms with Crippen LogP contribution in [0.25, 0.3) is 0 Å². The van der Waals surface area contributed by atoms with Gasteiger partial charge in [0, 0.05) is 18.8 Å². The fourth-order valence-corrected chi connectivity index (χ4v) is 1.53. The van der Waals surface area contributed by atoms with Gasteiger partial charge in [0.1, 0.15) is 0 Å². The van der Waals surface area contributed by atoms with Gasteiger partial charge in [0.25, 0.3) is 0 Å². The number of hydrogen-bond donors (Lipinski definition) is 1. The Morgan fingerprint density at radius 2 is 2.12 bits per heavy atom. The van der Waals surface area contributed by atoms with Crippen LogP contribution in [-0.4, -0.2) is 22.2 Å². The molecule has 0 fully saturated rings. The van der Waals surface area contributed by atoms with Gasteiger partial charge in [-0.25, -0.2) is 0 Å². The SMILES string of the molecule is CCc1nc(C(NC)c2ccncc2)no1. The summed E-state index contributed by atoms with van der Waals surface area (Å²) < 4.78 is 5.10. The van der Waals surface area contributed by atoms with Gasteiger partial charge in [-0.05, 0) is 24.7 Å². The lowest BCUT2D eigenvalue weighted by Crippen LogP contribution is -2.19. The Labute approximate surface area is 93.9 Å². The highest BCUT2D eigenvalue weighted by Gasteiger charge is 2.17. The third-order valence-electron chi connectivity index (χ3n) is 2.37. The molecule has 0 aromatic carbocycles. The minimum Gasteiger partial charge on any atom is -0.339 e. The summed E-state index contributed by atoms with van der Waals surface area (Å²) in [6.45, 7) is 1.98. The molecule has 2 heterocycles. The highest BCUT2D eigenvalue weighted by Crippen LogP contribution is 2.18. The Morgan fingerprint density at radius 1 is 1.38 bits per heavy atom. The number of hydrogen-bond acceptors (Lipinski definition) is 5. The third kappa shape index (κ3) is 2.09. The Balaban J connectivity index is 2.29. The first-order chi connectivity index (χ1) is 7.85. The van der Waals surface area contributed by atoms with Crippen molar-refractivity contribution in [3.8, 4) is 0 Å². The van der Waals surface area contributed by atoms with Gasteiger partial charge in [-0.3, -0.25) is 4.98 Å². The second-order valence-electron chi connectivity index (χ2n) is 3.40. The van der Waals surface area contributed by atoms with Crippen LogP contribution in [0.1, 0.15) is 30.2 Å². The zero-order chi connectivity index (χ0) is 11.4. The van der Waals surface area contributed by atoms with E-state index in [4.69, 9.17) is 4.52 Å². The van der Waals surface area contributed by atoms with E-state index in [1.165, 1.54) is 0 Å². The number of nitrogens with zero attached hydrogens (tertiary/aromatic N) is 3. The van der Waals surface area contributed by atoms with E-state index in [1.807, 2.05) is 26.1 Å². The second kappa shape index (κ2) is 4.85. The van der Waals surface area contributed by atoms with Crippen LogP contribution in [0.4, 0.5) is 0 Å². The standard InChI is InChI=1S/C11H14N4O/c1-3-9-14-11(15-16-9)10(12-2)8-4-6-13-7-5-8/h4-7,10,12H,3H2,1-2H3. The minimum absolute atomic E-state index is 0.0490. The van der Waals surface area contributed by atoms with Crippen molar-refractivity contribution in [3.05, 3.63) is 41.8 Å². The summed E-state index contributed by atoms with van der Waals surface area (Å²) in [5.74, 6) is 1.31. The predicted octanol–water partition coefficient (Wildman–Crippen LogP) is 1.34. The second-order valence-corrected chi connectivity index (χ2v) is 3.40. The van der Waals surface area contributed by atoms with Crippen molar-refractivity contribution in [2.45, 2.75) is 19.4 Å². The molecule has 1 N–H and O–H groups in total. The Morgan fingerprint density at radius 3 is 2.69 bits per heavy atom. The highest BCUT2D eigenvalue weighted by molar-refractivity contribution is 5.21. The molecule has 0 bridgehead atoms. The van der Waals surface area contributed by atoms with Crippen LogP contribution in [0.15, 0.2) is 29.0 Å². The van der Waals surface area contributed by atoms with E-state index in [2.05, 4.69) is 20.4 Å². The Hall–Kier alpha value is -1.75. The number of aryl methyl sites for hydroxylation is 1. The summed E-state index contributed by atoms with van der Waals surface area (Å²) in [5.41, 5.74) is 1.07. The van der Waals surface area contributed by atoms with E-state index < -0.39 is 0 Å². The molecule has 0 aliphatic rings. The summed E-state index contributed by atoms with van der Waals surface area (Å²) in [6, 6.07) is 3.82. The summed E-state index contributed by atoms with van der Waals surface area (Å²) in [4.78, 5) is 8.30. The Bertz CT molecular complexity index is 440. The topological polar surface area (TPSA) is 63.8 Å². The first-order valence-electron chi connectivity index (χ1n) is 5.24. The number of pyridine rings is 1. The van der Waals surface area contributed by atoms with Crippen LogP contribution in [0.3, 0.4) is 0 Å². The van der Waals surface area contributed by atoms with Crippen LogP contribution >= 0.6 is 0 Å². The van der Waals surface area contributed by atoms with Gasteiger partial charge >= 0.3 is 0 Å². The summed E-state index contributed by atoms with van der Waals surface area (Å²) in [7, 11) is 1.87. The van der Waals surface area contributed by atoms with E-state index in [9.17, 15) is 0 Å². The van der Waals surface area contributed by atoms with Crippen molar-refractivity contribution >= 4 is 0 Å². The van der Waals surface area contributed by atoms with Crippen LogP contribution in [0.2, 0.25) is 0 Å². The van der Waals surface area contributed by atoms with Crippen LogP contribution in [0.5, 0.6) is 0 Å². The number of rotatable bonds is 4. The number of aromatic nitrogens is 3. The molecule has 0 radical (unpaired) electrons. The molecule has 1 unspecified atom stereocenters. The lowest BCUT2D eigenvalue weighted by Gasteiger charge is -2.11. The molecular formula is C11H14N4O. The van der Waals surface area contributed by atoms with Crippen molar-refractivity contribution in [1.29, 1.82) is 0 Å². The molecule has 2 aromatic heterocycles. The van der Waals surface area contributed by atoms with Gasteiger partial charge in [-0.15, -0.1) is 0 Å². The molecule has 0 aliphatic heterocycles. The molecule has 0 saturated carbocycles. The lowest BCUT2D eigenvalue weighted by atomic mass is 10.1. The van der Waals surface area contributed by atoms with Crippen LogP contribution < -0.4 is 5.32 Å². The highest BCUT2D eigenvalue weighted by atomic mass is 16.5. The van der Waals surface area contributed by atoms with Crippen molar-refractivity contribution in [2.75, 3.05) is 7.05 Å². The molecule has 2 aromatic rings. The maximum Gasteiger partial charge on any atom is 0.226 e. The zero-order valence-electron chi connectivity index (χ0n) is 9.34. The minimum atomic E-state index is -0.0490. The molecule has 5 heteroatoms. The van der Waals surface area contributed by atoms with Crippen molar-refractivity contribution in [3.63, 3.8) is 0 Å². The molecule has 84 valence electrons. The predicted molar refractivity (Wildman–Crippen MR) is 58.8 cm³/mol. The average molecular weight is 218 g/mol. The third-order valence-corrected chi connectivity index (χ3v) is 2.37. The van der Waals surface area contributed by atoms with Crippen molar-refractivity contribution in [2.24, 2.45) is 0 Å². The molecule has 0 spiro atoms. The average Bonchev–Trinajstić information content (AvgIpc) is 2.80. The summed E-state index contributed by atoms with van der Waals surface area (Å²) in [5, 5.41) is 7.12. The van der Waals surface area contributed by atoms with Gasteiger partial charge in [0.05, 0.1) is 6.04 Å². The molecule has 1 atom stereocenters. The van der Waals surface area contributed by atoms with Crippen LogP contribution in [-0.2, 0) is 6.42 Å². The fraction of sp³-hybridized carbons (Fsp3) is 0.364. The monoisotopic (exact) mass is 218 g/mol. The van der Waals surface area contributed by atoms with Crippen LogP contribution in [0, 0.1) is 0 Å². The van der Waals surface area contributed by atoms with E-state index in [-0.39, 0.29) is 6.04 Å². The molecule has 16 heavy (non-hydrogen) atoms. The zero-order valence-corrected chi connectivity index (χ0v) is 9.34. The van der Waals surface area contributed by atoms with Crippen molar-refractivity contribution < 1.29 is 4.52 Å². The molecule has 0 aliphatic carbocycles. The van der Waals surface area contributed by atoms with Gasteiger partial charge < -0.3 is 9.84 Å². The van der Waals surface area contributed by atoms with E-state index in [0.29, 0.717) is 11.7 Å². The maximum atomic E-state index is 5.10. The van der Waals surface area contributed by atoms with Gasteiger partial charge in [-0.2, -0.15) is 4.98 Å². The van der Waals surface area contributed by atoms with Gasteiger partial charge in [0.15, 0.2) is 5.82 Å². The molecule has 5 nitrogen and oxygen atoms in total. The maximum absolute atomic E-state index is 5.10. The molecular weight excluding hydrogens is 204 g/mol. The fourth-order valence-electron chi connectivity index (χ4n) is 1.53. The van der Waals surface area contributed by atoms with E-state index in [0.717, 1.165) is 12.0 Å². The summed E-state index contributed by atoms with van der Waals surface area (Å²) in [6.07, 6.45) is 4.25. The largest absolute Gasteiger partial charge is 0.339 e. The smallest absolute Gasteiger partial charge is 0.226 e. The van der Waals surface area contributed by atoms with Gasteiger partial charge in [-0.1, -0.05) is 12.1 Å². The normalized spacial score (nSPS) is 12.6. The van der Waals surface area contributed by atoms with E-state index >= 15 is 0 Å². The Kier molecular flexibility index (Phi) is 3.26. The quantitative estimate of drug-likeness (QED) is 0.838. The molecule has 0 saturated heterocycles. The lowest BCUT2D eigenvalue weighted by molar-refractivity contribution is 0.373. The number of nitrogens with one attached hydrogen (secondary N) is 1.